The molecule has 0 spiro atoms. The van der Waals surface area contributed by atoms with Crippen molar-refractivity contribution >= 4 is 23.9 Å². The van der Waals surface area contributed by atoms with Crippen LogP contribution in [0.5, 0.6) is 34.5 Å². The van der Waals surface area contributed by atoms with Gasteiger partial charge < -0.3 is 28.4 Å². The number of benzene rings is 4. The molecule has 0 amide bonds. The monoisotopic (exact) mass is 1050 g/mol. The molecule has 4 rings (SSSR count). The molecule has 0 saturated carbocycles. The second-order valence-corrected chi connectivity index (χ2v) is 20.5. The molecule has 0 aliphatic carbocycles. The van der Waals surface area contributed by atoms with Gasteiger partial charge in [-0.15, -0.1) is 0 Å². The second kappa shape index (κ2) is 41.5. The summed E-state index contributed by atoms with van der Waals surface area (Å²) in [6, 6.07) is 26.7. The van der Waals surface area contributed by atoms with E-state index in [0.717, 1.165) is 37.2 Å². The Labute approximate surface area is 457 Å². The van der Waals surface area contributed by atoms with E-state index in [1.807, 2.05) is 0 Å². The third kappa shape index (κ3) is 30.2. The van der Waals surface area contributed by atoms with Crippen molar-refractivity contribution in [1.82, 2.24) is 0 Å². The van der Waals surface area contributed by atoms with Crippen molar-refractivity contribution in [3.63, 3.8) is 0 Å². The SMILES string of the molecule is CCCCCCCCCCCCCCCCOc1ccc(C(=O)Oc2ccc(OC(=O)CCCCCCC(=O)Oc3ccc(OC(=O)c4ccc(OCCCCCCCCCCCCCCCC)cc4)cc3)cc2)cc1. The minimum Gasteiger partial charge on any atom is -0.494 e. The zero-order valence-electron chi connectivity index (χ0n) is 46.8. The van der Waals surface area contributed by atoms with Crippen LogP contribution in [-0.4, -0.2) is 37.1 Å². The molecule has 76 heavy (non-hydrogen) atoms. The molecule has 10 heteroatoms. The summed E-state index contributed by atoms with van der Waals surface area (Å²) in [7, 11) is 0. The van der Waals surface area contributed by atoms with Gasteiger partial charge in [0.1, 0.15) is 34.5 Å². The van der Waals surface area contributed by atoms with Crippen LogP contribution in [0.25, 0.3) is 0 Å². The van der Waals surface area contributed by atoms with Gasteiger partial charge >= 0.3 is 23.9 Å². The Morgan fingerprint density at radius 1 is 0.263 bits per heavy atom. The number of unbranched alkanes of at least 4 members (excludes halogenated alkanes) is 29. The predicted molar refractivity (Wildman–Crippen MR) is 306 cm³/mol. The summed E-state index contributed by atoms with van der Waals surface area (Å²) in [6.45, 7) is 5.86. The van der Waals surface area contributed by atoms with Crippen molar-refractivity contribution in [1.29, 1.82) is 0 Å². The average molecular weight is 1050 g/mol. The zero-order valence-corrected chi connectivity index (χ0v) is 46.8. The van der Waals surface area contributed by atoms with E-state index < -0.39 is 11.9 Å². The maximum absolute atomic E-state index is 12.8. The van der Waals surface area contributed by atoms with Gasteiger partial charge in [0.05, 0.1) is 24.3 Å². The number of rotatable bonds is 45. The summed E-state index contributed by atoms with van der Waals surface area (Å²) < 4.78 is 33.8. The maximum Gasteiger partial charge on any atom is 0.343 e. The molecule has 0 fully saturated rings. The van der Waals surface area contributed by atoms with Gasteiger partial charge in [0, 0.05) is 12.8 Å². The zero-order chi connectivity index (χ0) is 53.9. The Bertz CT molecular complexity index is 1960. The Morgan fingerprint density at radius 2 is 0.487 bits per heavy atom. The van der Waals surface area contributed by atoms with Gasteiger partial charge in [-0.25, -0.2) is 9.59 Å². The van der Waals surface area contributed by atoms with Crippen LogP contribution in [-0.2, 0) is 9.59 Å². The molecule has 10 nitrogen and oxygen atoms in total. The largest absolute Gasteiger partial charge is 0.494 e. The van der Waals surface area contributed by atoms with Gasteiger partial charge in [0.15, 0.2) is 0 Å². The van der Waals surface area contributed by atoms with E-state index in [1.165, 1.54) is 167 Å². The standard InChI is InChI=1S/C66H94O10/c1-3-5-7-9-11-13-15-17-19-21-23-25-29-33-53-71-57-41-37-55(38-42-57)65(69)75-61-49-45-59(46-50-61)73-63(67)35-31-27-28-32-36-64(68)74-60-47-51-62(52-48-60)76-66(70)56-39-43-58(44-40-56)72-54-34-30-26-24-22-20-18-16-14-12-10-8-6-4-2/h37-52H,3-36,53-54H2,1-2H3. The van der Waals surface area contributed by atoms with E-state index in [-0.39, 0.29) is 24.8 Å². The number of hydrogen-bond acceptors (Lipinski definition) is 10. The molecule has 0 unspecified atom stereocenters. The van der Waals surface area contributed by atoms with Crippen LogP contribution in [0.4, 0.5) is 0 Å². The minimum atomic E-state index is -0.487. The van der Waals surface area contributed by atoms with E-state index in [2.05, 4.69) is 13.8 Å². The smallest absolute Gasteiger partial charge is 0.343 e. The van der Waals surface area contributed by atoms with Crippen LogP contribution in [0.3, 0.4) is 0 Å². The fourth-order valence-corrected chi connectivity index (χ4v) is 9.09. The molecule has 0 N–H and O–H groups in total. The van der Waals surface area contributed by atoms with Gasteiger partial charge in [-0.05, 0) is 123 Å². The fraction of sp³-hybridized carbons (Fsp3) is 0.576. The summed E-state index contributed by atoms with van der Waals surface area (Å²) in [6.07, 6.45) is 40.1. The molecule has 0 aromatic heterocycles. The highest BCUT2D eigenvalue weighted by Gasteiger charge is 2.13. The van der Waals surface area contributed by atoms with Crippen molar-refractivity contribution < 1.29 is 47.6 Å². The molecule has 4 aromatic rings. The number of ether oxygens (including phenoxy) is 6. The molecule has 4 aromatic carbocycles. The van der Waals surface area contributed by atoms with Crippen LogP contribution in [0.2, 0.25) is 0 Å². The normalized spacial score (nSPS) is 11.0. The van der Waals surface area contributed by atoms with Crippen molar-refractivity contribution in [2.24, 2.45) is 0 Å². The average Bonchev–Trinajstić information content (AvgIpc) is 3.43. The molecule has 0 heterocycles. The summed E-state index contributed by atoms with van der Waals surface area (Å²) in [5, 5.41) is 0. The highest BCUT2D eigenvalue weighted by Crippen LogP contribution is 2.24. The Hall–Kier alpha value is -5.64. The third-order valence-electron chi connectivity index (χ3n) is 13.8. The van der Waals surface area contributed by atoms with Gasteiger partial charge in [-0.1, -0.05) is 194 Å². The highest BCUT2D eigenvalue weighted by molar-refractivity contribution is 5.91. The van der Waals surface area contributed by atoms with Crippen LogP contribution >= 0.6 is 0 Å². The van der Waals surface area contributed by atoms with Gasteiger partial charge in [0.2, 0.25) is 0 Å². The van der Waals surface area contributed by atoms with Crippen LogP contribution in [0, 0.1) is 0 Å². The lowest BCUT2D eigenvalue weighted by Crippen LogP contribution is -2.10. The van der Waals surface area contributed by atoms with Crippen LogP contribution < -0.4 is 28.4 Å². The van der Waals surface area contributed by atoms with Crippen molar-refractivity contribution in [3.05, 3.63) is 108 Å². The summed E-state index contributed by atoms with van der Waals surface area (Å²) in [4.78, 5) is 50.5. The number of esters is 4. The van der Waals surface area contributed by atoms with Crippen LogP contribution in [0.1, 0.15) is 253 Å². The summed E-state index contributed by atoms with van der Waals surface area (Å²) in [5.74, 6) is 1.16. The lowest BCUT2D eigenvalue weighted by atomic mass is 10.0. The topological polar surface area (TPSA) is 124 Å². The molecule has 418 valence electrons. The van der Waals surface area contributed by atoms with E-state index in [1.54, 1.807) is 97.1 Å². The van der Waals surface area contributed by atoms with Gasteiger partial charge in [-0.2, -0.15) is 0 Å². The lowest BCUT2D eigenvalue weighted by molar-refractivity contribution is -0.135. The van der Waals surface area contributed by atoms with Crippen LogP contribution in [0.15, 0.2) is 97.1 Å². The first-order chi connectivity index (χ1) is 37.3. The maximum atomic E-state index is 12.8. The molecule has 0 bridgehead atoms. The Balaban J connectivity index is 0.959. The molecule has 0 saturated heterocycles. The highest BCUT2D eigenvalue weighted by atomic mass is 16.5. The first-order valence-corrected chi connectivity index (χ1v) is 29.8. The first kappa shape index (κ1) is 62.9. The molecule has 0 radical (unpaired) electrons. The van der Waals surface area contributed by atoms with Crippen molar-refractivity contribution in [3.8, 4) is 34.5 Å². The third-order valence-corrected chi connectivity index (χ3v) is 13.8. The first-order valence-electron chi connectivity index (χ1n) is 29.8. The quantitative estimate of drug-likeness (QED) is 0.0240. The van der Waals surface area contributed by atoms with Crippen molar-refractivity contribution in [2.75, 3.05) is 13.2 Å². The molecule has 0 aliphatic rings. The van der Waals surface area contributed by atoms with Gasteiger partial charge in [0.25, 0.3) is 0 Å². The molecule has 0 atom stereocenters. The number of carbonyl (C=O) groups excluding carboxylic acids is 4. The predicted octanol–water partition coefficient (Wildman–Crippen LogP) is 18.7. The van der Waals surface area contributed by atoms with E-state index >= 15 is 0 Å². The number of hydrogen-bond donors (Lipinski definition) is 0. The minimum absolute atomic E-state index is 0.233. The lowest BCUT2D eigenvalue weighted by Gasteiger charge is -2.09. The molecular weight excluding hydrogens is 953 g/mol. The summed E-state index contributed by atoms with van der Waals surface area (Å²) in [5.41, 5.74) is 0.827. The Morgan fingerprint density at radius 3 is 0.763 bits per heavy atom. The Kier molecular flexibility index (Phi) is 34.4. The molecule has 0 aliphatic heterocycles. The molecular formula is C66H94O10. The van der Waals surface area contributed by atoms with E-state index in [9.17, 15) is 19.2 Å². The number of carbonyl (C=O) groups is 4. The summed E-state index contributed by atoms with van der Waals surface area (Å²) >= 11 is 0. The van der Waals surface area contributed by atoms with E-state index in [4.69, 9.17) is 28.4 Å². The van der Waals surface area contributed by atoms with E-state index in [0.29, 0.717) is 60.2 Å². The fourth-order valence-electron chi connectivity index (χ4n) is 9.09. The second-order valence-electron chi connectivity index (χ2n) is 20.5. The van der Waals surface area contributed by atoms with Crippen molar-refractivity contribution in [2.45, 2.75) is 232 Å². The van der Waals surface area contributed by atoms with Gasteiger partial charge in [-0.3, -0.25) is 9.59 Å².